The number of carbonyl (C=O) groups is 1. The first-order valence-corrected chi connectivity index (χ1v) is 3.94. The van der Waals surface area contributed by atoms with Gasteiger partial charge >= 0.3 is 0 Å². The normalized spacial score (nSPS) is 9.83. The molecule has 0 fully saturated rings. The number of nitrogens with one attached hydrogen (secondary N) is 1. The fourth-order valence-corrected chi connectivity index (χ4v) is 0.839. The predicted molar refractivity (Wildman–Crippen MR) is 43.9 cm³/mol. The van der Waals surface area contributed by atoms with Crippen LogP contribution in [0.1, 0.15) is 29.6 Å². The summed E-state index contributed by atoms with van der Waals surface area (Å²) in [6.45, 7) is 4.40. The largest absolute Gasteiger partial charge is 0.438 e. The molecular formula is C8H12N2O2. The van der Waals surface area contributed by atoms with Gasteiger partial charge in [-0.1, -0.05) is 6.92 Å². The molecule has 0 saturated carbocycles. The highest BCUT2D eigenvalue weighted by Gasteiger charge is 2.11. The van der Waals surface area contributed by atoms with Crippen molar-refractivity contribution in [3.05, 3.63) is 17.8 Å². The van der Waals surface area contributed by atoms with Crippen molar-refractivity contribution in [1.29, 1.82) is 0 Å². The van der Waals surface area contributed by atoms with Gasteiger partial charge in [-0.2, -0.15) is 0 Å². The molecule has 66 valence electrons. The van der Waals surface area contributed by atoms with Crippen molar-refractivity contribution in [3.8, 4) is 0 Å². The van der Waals surface area contributed by atoms with Crippen LogP contribution in [0.15, 0.2) is 10.8 Å². The van der Waals surface area contributed by atoms with Crippen LogP contribution in [-0.2, 0) is 0 Å². The summed E-state index contributed by atoms with van der Waals surface area (Å²) in [5, 5.41) is 2.70. The summed E-state index contributed by atoms with van der Waals surface area (Å²) in [7, 11) is 0. The molecule has 4 heteroatoms. The van der Waals surface area contributed by atoms with Crippen LogP contribution in [0.3, 0.4) is 0 Å². The highest BCUT2D eigenvalue weighted by molar-refractivity contribution is 5.92. The van der Waals surface area contributed by atoms with Gasteiger partial charge in [0.25, 0.3) is 5.91 Å². The van der Waals surface area contributed by atoms with Crippen molar-refractivity contribution in [2.75, 3.05) is 6.54 Å². The lowest BCUT2D eigenvalue weighted by atomic mass is 10.3. The van der Waals surface area contributed by atoms with E-state index < -0.39 is 0 Å². The van der Waals surface area contributed by atoms with Crippen molar-refractivity contribution in [2.45, 2.75) is 20.3 Å². The zero-order valence-electron chi connectivity index (χ0n) is 7.26. The second kappa shape index (κ2) is 3.90. The second-order valence-electron chi connectivity index (χ2n) is 2.52. The summed E-state index contributed by atoms with van der Waals surface area (Å²) < 4.78 is 4.90. The van der Waals surface area contributed by atoms with Crippen LogP contribution < -0.4 is 5.32 Å². The molecule has 1 heterocycles. The van der Waals surface area contributed by atoms with Gasteiger partial charge in [0.15, 0.2) is 6.39 Å². The van der Waals surface area contributed by atoms with Crippen LogP contribution in [0, 0.1) is 6.92 Å². The van der Waals surface area contributed by atoms with Gasteiger partial charge in [0, 0.05) is 6.54 Å². The standard InChI is InChI=1S/C8H12N2O2/c1-3-4-9-8(11)7-6(2)10-5-12-7/h5H,3-4H2,1-2H3,(H,9,11). The SMILES string of the molecule is CCCNC(=O)c1ocnc1C. The number of amides is 1. The predicted octanol–water partition coefficient (Wildman–Crippen LogP) is 1.12. The van der Waals surface area contributed by atoms with Gasteiger partial charge in [-0.3, -0.25) is 4.79 Å². The Balaban J connectivity index is 2.59. The summed E-state index contributed by atoms with van der Waals surface area (Å²) in [6.07, 6.45) is 2.19. The number of aromatic nitrogens is 1. The molecule has 0 spiro atoms. The van der Waals surface area contributed by atoms with Gasteiger partial charge in [0.2, 0.25) is 5.76 Å². The quantitative estimate of drug-likeness (QED) is 0.735. The van der Waals surface area contributed by atoms with Crippen LogP contribution in [0.4, 0.5) is 0 Å². The minimum Gasteiger partial charge on any atom is -0.438 e. The van der Waals surface area contributed by atoms with Crippen molar-refractivity contribution in [2.24, 2.45) is 0 Å². The lowest BCUT2D eigenvalue weighted by Gasteiger charge is -1.99. The first-order valence-electron chi connectivity index (χ1n) is 3.94. The lowest BCUT2D eigenvalue weighted by Crippen LogP contribution is -2.24. The summed E-state index contributed by atoms with van der Waals surface area (Å²) in [5.74, 6) is 0.121. The minimum atomic E-state index is -0.188. The molecule has 0 radical (unpaired) electrons. The highest BCUT2D eigenvalue weighted by atomic mass is 16.3. The maximum absolute atomic E-state index is 11.2. The lowest BCUT2D eigenvalue weighted by molar-refractivity contribution is 0.0925. The Morgan fingerprint density at radius 3 is 3.00 bits per heavy atom. The monoisotopic (exact) mass is 168 g/mol. The molecule has 4 nitrogen and oxygen atoms in total. The Labute approximate surface area is 71.0 Å². The number of oxazole rings is 1. The van der Waals surface area contributed by atoms with Crippen LogP contribution in [0.2, 0.25) is 0 Å². The van der Waals surface area contributed by atoms with E-state index >= 15 is 0 Å². The first-order chi connectivity index (χ1) is 5.75. The highest BCUT2D eigenvalue weighted by Crippen LogP contribution is 2.03. The molecule has 0 aromatic carbocycles. The Morgan fingerprint density at radius 2 is 2.50 bits per heavy atom. The maximum Gasteiger partial charge on any atom is 0.288 e. The summed E-state index contributed by atoms with van der Waals surface area (Å²) >= 11 is 0. The van der Waals surface area contributed by atoms with Gasteiger partial charge in [-0.15, -0.1) is 0 Å². The van der Waals surface area contributed by atoms with Crippen molar-refractivity contribution >= 4 is 5.91 Å². The van der Waals surface area contributed by atoms with E-state index in [1.807, 2.05) is 6.92 Å². The van der Waals surface area contributed by atoms with E-state index in [1.54, 1.807) is 6.92 Å². The Hall–Kier alpha value is -1.32. The van der Waals surface area contributed by atoms with Crippen molar-refractivity contribution in [1.82, 2.24) is 10.3 Å². The Bertz CT molecular complexity index is 268. The van der Waals surface area contributed by atoms with E-state index in [-0.39, 0.29) is 5.91 Å². The molecule has 1 aromatic heterocycles. The smallest absolute Gasteiger partial charge is 0.288 e. The zero-order valence-corrected chi connectivity index (χ0v) is 7.26. The molecule has 0 bridgehead atoms. The molecule has 1 amide bonds. The molecule has 1 N–H and O–H groups in total. The number of rotatable bonds is 3. The molecule has 1 aromatic rings. The first kappa shape index (κ1) is 8.77. The van der Waals surface area contributed by atoms with Gasteiger partial charge in [-0.25, -0.2) is 4.98 Å². The van der Waals surface area contributed by atoms with E-state index in [0.717, 1.165) is 6.42 Å². The number of aryl methyl sites for hydroxylation is 1. The Morgan fingerprint density at radius 1 is 1.75 bits per heavy atom. The summed E-state index contributed by atoms with van der Waals surface area (Å²) in [5.41, 5.74) is 0.628. The molecule has 0 atom stereocenters. The molecule has 0 unspecified atom stereocenters. The molecule has 0 aliphatic heterocycles. The van der Waals surface area contributed by atoms with Crippen LogP contribution in [-0.4, -0.2) is 17.4 Å². The fourth-order valence-electron chi connectivity index (χ4n) is 0.839. The Kier molecular flexibility index (Phi) is 2.85. The van der Waals surface area contributed by atoms with Gasteiger partial charge in [0.1, 0.15) is 0 Å². The third-order valence-corrected chi connectivity index (χ3v) is 1.49. The summed E-state index contributed by atoms with van der Waals surface area (Å²) in [4.78, 5) is 15.1. The zero-order chi connectivity index (χ0) is 8.97. The van der Waals surface area contributed by atoms with Gasteiger partial charge < -0.3 is 9.73 Å². The van der Waals surface area contributed by atoms with Crippen LogP contribution in [0.25, 0.3) is 0 Å². The molecular weight excluding hydrogens is 156 g/mol. The van der Waals surface area contributed by atoms with Crippen molar-refractivity contribution in [3.63, 3.8) is 0 Å². The molecule has 0 aliphatic carbocycles. The minimum absolute atomic E-state index is 0.188. The number of carbonyl (C=O) groups excluding carboxylic acids is 1. The third kappa shape index (κ3) is 1.84. The van der Waals surface area contributed by atoms with E-state index in [9.17, 15) is 4.79 Å². The average Bonchev–Trinajstić information content (AvgIpc) is 2.47. The third-order valence-electron chi connectivity index (χ3n) is 1.49. The number of hydrogen-bond acceptors (Lipinski definition) is 3. The maximum atomic E-state index is 11.2. The molecule has 0 saturated heterocycles. The average molecular weight is 168 g/mol. The fraction of sp³-hybridized carbons (Fsp3) is 0.500. The topological polar surface area (TPSA) is 55.1 Å². The van der Waals surface area contributed by atoms with Gasteiger partial charge in [-0.05, 0) is 13.3 Å². The second-order valence-corrected chi connectivity index (χ2v) is 2.52. The van der Waals surface area contributed by atoms with Crippen molar-refractivity contribution < 1.29 is 9.21 Å². The molecule has 1 rings (SSSR count). The number of nitrogens with zero attached hydrogens (tertiary/aromatic N) is 1. The van der Waals surface area contributed by atoms with E-state index in [4.69, 9.17) is 4.42 Å². The molecule has 12 heavy (non-hydrogen) atoms. The van der Waals surface area contributed by atoms with E-state index in [2.05, 4.69) is 10.3 Å². The van der Waals surface area contributed by atoms with E-state index in [0.29, 0.717) is 18.0 Å². The number of hydrogen-bond donors (Lipinski definition) is 1. The molecule has 0 aliphatic rings. The van der Waals surface area contributed by atoms with Gasteiger partial charge in [0.05, 0.1) is 5.69 Å². The van der Waals surface area contributed by atoms with E-state index in [1.165, 1.54) is 6.39 Å². The summed E-state index contributed by atoms with van der Waals surface area (Å²) in [6, 6.07) is 0. The van der Waals surface area contributed by atoms with Crippen LogP contribution >= 0.6 is 0 Å². The van der Waals surface area contributed by atoms with Crippen LogP contribution in [0.5, 0.6) is 0 Å².